The summed E-state index contributed by atoms with van der Waals surface area (Å²) in [6.07, 6.45) is 2.52. The van der Waals surface area contributed by atoms with E-state index in [1.54, 1.807) is 0 Å². The molecule has 0 bridgehead atoms. The molecule has 0 spiro atoms. The van der Waals surface area contributed by atoms with Gasteiger partial charge in [0.25, 0.3) is 11.8 Å². The third-order valence-corrected chi connectivity index (χ3v) is 3.39. The standard InChI is InChI=1S/C16H26BrNO7/c17-3-5-21-7-9-23-11-13-25-14-12-24-10-8-22-6-4-18-15(19)1-2-16(18)20/h1-2H,3-14H2. The average molecular weight is 424 g/mol. The molecule has 1 aliphatic heterocycles. The Kier molecular flexibility index (Phi) is 13.7. The van der Waals surface area contributed by atoms with Crippen molar-refractivity contribution in [2.24, 2.45) is 0 Å². The molecular formula is C16H26BrNO7. The van der Waals surface area contributed by atoms with Gasteiger partial charge in [0.15, 0.2) is 0 Å². The predicted octanol–water partition coefficient (Wildman–Crippen LogP) is 0.389. The lowest BCUT2D eigenvalue weighted by atomic mass is 10.5. The summed E-state index contributed by atoms with van der Waals surface area (Å²) in [6.45, 7) is 5.26. The Hall–Kier alpha value is -0.840. The number of alkyl halides is 1. The minimum atomic E-state index is -0.294. The number of rotatable bonds is 17. The number of halogens is 1. The van der Waals surface area contributed by atoms with Crippen LogP contribution in [-0.4, -0.2) is 94.7 Å². The molecule has 1 heterocycles. The molecule has 144 valence electrons. The Morgan fingerprint density at radius 2 is 1.00 bits per heavy atom. The molecule has 0 unspecified atom stereocenters. The second-order valence-corrected chi connectivity index (χ2v) is 5.71. The molecule has 0 atom stereocenters. The SMILES string of the molecule is O=C1C=CC(=O)N1CCOCCOCCOCCOCCOCCBr. The monoisotopic (exact) mass is 423 g/mol. The Morgan fingerprint density at radius 3 is 1.40 bits per heavy atom. The molecular weight excluding hydrogens is 398 g/mol. The van der Waals surface area contributed by atoms with Crippen molar-refractivity contribution in [1.29, 1.82) is 0 Å². The van der Waals surface area contributed by atoms with E-state index in [1.807, 2.05) is 0 Å². The van der Waals surface area contributed by atoms with Crippen molar-refractivity contribution in [2.45, 2.75) is 0 Å². The zero-order chi connectivity index (χ0) is 18.2. The smallest absolute Gasteiger partial charge is 0.253 e. The van der Waals surface area contributed by atoms with Crippen molar-refractivity contribution in [3.8, 4) is 0 Å². The van der Waals surface area contributed by atoms with Crippen molar-refractivity contribution in [3.05, 3.63) is 12.2 Å². The molecule has 1 rings (SSSR count). The predicted molar refractivity (Wildman–Crippen MR) is 93.7 cm³/mol. The zero-order valence-electron chi connectivity index (χ0n) is 14.3. The van der Waals surface area contributed by atoms with Gasteiger partial charge in [-0.2, -0.15) is 0 Å². The van der Waals surface area contributed by atoms with E-state index in [2.05, 4.69) is 15.9 Å². The van der Waals surface area contributed by atoms with Crippen molar-refractivity contribution >= 4 is 27.7 Å². The largest absolute Gasteiger partial charge is 0.378 e. The highest BCUT2D eigenvalue weighted by molar-refractivity contribution is 9.09. The molecule has 2 amide bonds. The number of carbonyl (C=O) groups is 2. The molecule has 0 N–H and O–H groups in total. The van der Waals surface area contributed by atoms with Crippen molar-refractivity contribution in [2.75, 3.05) is 77.9 Å². The fraction of sp³-hybridized carbons (Fsp3) is 0.750. The first kappa shape index (κ1) is 22.2. The summed E-state index contributed by atoms with van der Waals surface area (Å²) in [5.41, 5.74) is 0. The van der Waals surface area contributed by atoms with Crippen LogP contribution in [0.5, 0.6) is 0 Å². The van der Waals surface area contributed by atoms with Gasteiger partial charge in [0.2, 0.25) is 0 Å². The minimum Gasteiger partial charge on any atom is -0.378 e. The molecule has 1 aliphatic rings. The summed E-state index contributed by atoms with van der Waals surface area (Å²) < 4.78 is 26.6. The Balaban J connectivity index is 1.73. The Morgan fingerprint density at radius 1 is 0.640 bits per heavy atom. The first-order valence-corrected chi connectivity index (χ1v) is 9.36. The Labute approximate surface area is 156 Å². The van der Waals surface area contributed by atoms with Crippen LogP contribution >= 0.6 is 15.9 Å². The first-order chi connectivity index (χ1) is 12.3. The minimum absolute atomic E-state index is 0.259. The summed E-state index contributed by atoms with van der Waals surface area (Å²) in [4.78, 5) is 23.7. The quantitative estimate of drug-likeness (QED) is 0.190. The van der Waals surface area contributed by atoms with Crippen LogP contribution < -0.4 is 0 Å². The summed E-state index contributed by atoms with van der Waals surface area (Å²) in [6, 6.07) is 0. The van der Waals surface area contributed by atoms with Gasteiger partial charge in [-0.25, -0.2) is 0 Å². The molecule has 0 aromatic heterocycles. The van der Waals surface area contributed by atoms with Crippen LogP contribution in [0, 0.1) is 0 Å². The molecule has 8 nitrogen and oxygen atoms in total. The lowest BCUT2D eigenvalue weighted by molar-refractivity contribution is -0.137. The number of imide groups is 1. The van der Waals surface area contributed by atoms with Gasteiger partial charge in [0.1, 0.15) is 0 Å². The fourth-order valence-electron chi connectivity index (χ4n) is 1.84. The molecule has 0 radical (unpaired) electrons. The molecule has 0 aromatic carbocycles. The molecule has 0 saturated heterocycles. The highest BCUT2D eigenvalue weighted by Gasteiger charge is 2.22. The summed E-state index contributed by atoms with van der Waals surface area (Å²) in [7, 11) is 0. The Bertz CT molecular complexity index is 388. The van der Waals surface area contributed by atoms with Gasteiger partial charge in [-0.05, 0) is 0 Å². The molecule has 0 fully saturated rings. The van der Waals surface area contributed by atoms with Gasteiger partial charge in [-0.3, -0.25) is 14.5 Å². The number of hydrogen-bond acceptors (Lipinski definition) is 7. The highest BCUT2D eigenvalue weighted by atomic mass is 79.9. The van der Waals surface area contributed by atoms with Crippen LogP contribution in [0.15, 0.2) is 12.2 Å². The normalized spacial score (nSPS) is 14.0. The van der Waals surface area contributed by atoms with Gasteiger partial charge in [-0.15, -0.1) is 0 Å². The maximum absolute atomic E-state index is 11.3. The lowest BCUT2D eigenvalue weighted by Crippen LogP contribution is -2.33. The summed E-state index contributed by atoms with van der Waals surface area (Å²) in [5, 5.41) is 0.830. The molecule has 0 aliphatic carbocycles. The van der Waals surface area contributed by atoms with Crippen molar-refractivity contribution in [1.82, 2.24) is 4.90 Å². The van der Waals surface area contributed by atoms with E-state index in [1.165, 1.54) is 12.2 Å². The van der Waals surface area contributed by atoms with Crippen LogP contribution in [0.25, 0.3) is 0 Å². The average Bonchev–Trinajstić information content (AvgIpc) is 2.93. The van der Waals surface area contributed by atoms with Gasteiger partial charge in [0.05, 0.1) is 72.6 Å². The molecule has 25 heavy (non-hydrogen) atoms. The van der Waals surface area contributed by atoms with Crippen LogP contribution in [0.3, 0.4) is 0 Å². The topological polar surface area (TPSA) is 83.5 Å². The van der Waals surface area contributed by atoms with Crippen molar-refractivity contribution in [3.63, 3.8) is 0 Å². The second-order valence-electron chi connectivity index (χ2n) is 4.91. The van der Waals surface area contributed by atoms with E-state index in [-0.39, 0.29) is 18.4 Å². The molecule has 0 aromatic rings. The fourth-order valence-corrected chi connectivity index (χ4v) is 2.07. The number of carbonyl (C=O) groups excluding carboxylic acids is 2. The van der Waals surface area contributed by atoms with E-state index in [4.69, 9.17) is 23.7 Å². The molecule has 9 heteroatoms. The van der Waals surface area contributed by atoms with E-state index in [0.717, 1.165) is 10.2 Å². The van der Waals surface area contributed by atoms with Gasteiger partial charge < -0.3 is 23.7 Å². The van der Waals surface area contributed by atoms with Crippen LogP contribution in [-0.2, 0) is 33.3 Å². The molecule has 0 saturated carbocycles. The third kappa shape index (κ3) is 11.4. The van der Waals surface area contributed by atoms with Crippen LogP contribution in [0.2, 0.25) is 0 Å². The van der Waals surface area contributed by atoms with E-state index >= 15 is 0 Å². The van der Waals surface area contributed by atoms with E-state index in [0.29, 0.717) is 66.1 Å². The van der Waals surface area contributed by atoms with Gasteiger partial charge in [-0.1, -0.05) is 15.9 Å². The number of amides is 2. The third-order valence-electron chi connectivity index (χ3n) is 3.07. The van der Waals surface area contributed by atoms with Crippen LogP contribution in [0.1, 0.15) is 0 Å². The highest BCUT2D eigenvalue weighted by Crippen LogP contribution is 2.02. The van der Waals surface area contributed by atoms with E-state index < -0.39 is 0 Å². The zero-order valence-corrected chi connectivity index (χ0v) is 15.9. The van der Waals surface area contributed by atoms with Crippen LogP contribution in [0.4, 0.5) is 0 Å². The van der Waals surface area contributed by atoms with Crippen molar-refractivity contribution < 1.29 is 33.3 Å². The maximum atomic E-state index is 11.3. The first-order valence-electron chi connectivity index (χ1n) is 8.24. The number of ether oxygens (including phenoxy) is 5. The lowest BCUT2D eigenvalue weighted by Gasteiger charge is -2.13. The van der Waals surface area contributed by atoms with Gasteiger partial charge in [0, 0.05) is 17.5 Å². The van der Waals surface area contributed by atoms with E-state index in [9.17, 15) is 9.59 Å². The summed E-state index contributed by atoms with van der Waals surface area (Å²) in [5.74, 6) is -0.588. The second kappa shape index (κ2) is 15.4. The van der Waals surface area contributed by atoms with Gasteiger partial charge >= 0.3 is 0 Å². The maximum Gasteiger partial charge on any atom is 0.253 e. The number of hydrogen-bond donors (Lipinski definition) is 0. The summed E-state index contributed by atoms with van der Waals surface area (Å²) >= 11 is 3.27. The number of nitrogens with zero attached hydrogens (tertiary/aromatic N) is 1.